The zero-order valence-electron chi connectivity index (χ0n) is 29.7. The average Bonchev–Trinajstić information content (AvgIpc) is 3.68. The molecule has 3 aromatic carbocycles. The number of methoxy groups -OCH3 is 1. The predicted molar refractivity (Wildman–Crippen MR) is 198 cm³/mol. The fraction of sp³-hybridized carbons (Fsp3) is 0.410. The standard InChI is InChI=1S/C39H42Cl2FN5O5/c1-5-51-31-19-32(34(41)35(42)26(31)20-43-39(16-8-17-39)38(49)50-4)52-30-14-13-23-22(9-6-10-24(23)30)25-11-7-12-27(33(25)40)45-37(48)36-44-28-21-46(2)18-15-29(28)47(36)3/h6-7,9-12,19,30,43H,5,8,13-18,20-21H2,1-4H3,(H,45,48). The molecule has 0 bridgehead atoms. The number of likely N-dealkylation sites (N-methyl/N-ethyl adjacent to an activating group) is 1. The van der Waals surface area contributed by atoms with Crippen LogP contribution in [0, 0.1) is 5.82 Å². The second-order valence-corrected chi connectivity index (χ2v) is 14.5. The summed E-state index contributed by atoms with van der Waals surface area (Å²) in [6.07, 6.45) is 3.84. The smallest absolute Gasteiger partial charge is 0.326 e. The van der Waals surface area contributed by atoms with Crippen molar-refractivity contribution in [3.63, 3.8) is 0 Å². The largest absolute Gasteiger partial charge is 0.493 e. The third-order valence-corrected chi connectivity index (χ3v) is 11.4. The van der Waals surface area contributed by atoms with Gasteiger partial charge in [-0.05, 0) is 68.8 Å². The molecule has 1 fully saturated rings. The lowest BCUT2D eigenvalue weighted by Gasteiger charge is -2.39. The normalized spacial score (nSPS) is 17.6. The fourth-order valence-corrected chi connectivity index (χ4v) is 8.10. The van der Waals surface area contributed by atoms with Crippen molar-refractivity contribution < 1.29 is 28.2 Å². The number of amides is 1. The van der Waals surface area contributed by atoms with E-state index in [2.05, 4.69) is 20.5 Å². The van der Waals surface area contributed by atoms with Gasteiger partial charge in [-0.3, -0.25) is 14.9 Å². The molecule has 13 heteroatoms. The Balaban J connectivity index is 1.12. The van der Waals surface area contributed by atoms with Crippen LogP contribution in [0.5, 0.6) is 11.5 Å². The average molecular weight is 751 g/mol. The molecule has 2 heterocycles. The number of carbonyl (C=O) groups is 2. The van der Waals surface area contributed by atoms with E-state index in [1.807, 2.05) is 55.9 Å². The van der Waals surface area contributed by atoms with Crippen molar-refractivity contribution >= 4 is 40.8 Å². The molecule has 1 aliphatic heterocycles. The number of aromatic nitrogens is 2. The number of ether oxygens (including phenoxy) is 3. The summed E-state index contributed by atoms with van der Waals surface area (Å²) in [5, 5.41) is 6.45. The minimum Gasteiger partial charge on any atom is -0.493 e. The summed E-state index contributed by atoms with van der Waals surface area (Å²) in [6.45, 7) is 3.77. The first-order chi connectivity index (χ1) is 25.0. The van der Waals surface area contributed by atoms with E-state index in [1.54, 1.807) is 12.1 Å². The first-order valence-corrected chi connectivity index (χ1v) is 18.4. The van der Waals surface area contributed by atoms with Crippen molar-refractivity contribution in [2.24, 2.45) is 7.05 Å². The number of nitrogens with one attached hydrogen (secondary N) is 2. The lowest BCUT2D eigenvalue weighted by atomic mass is 9.76. The molecule has 2 aliphatic carbocycles. The second-order valence-electron chi connectivity index (χ2n) is 13.7. The lowest BCUT2D eigenvalue weighted by molar-refractivity contribution is -0.152. The van der Waals surface area contributed by atoms with Crippen LogP contribution in [0.1, 0.15) is 77.4 Å². The molecular formula is C39H42Cl2FN5O5. The Morgan fingerprint density at radius 1 is 1.06 bits per heavy atom. The molecule has 7 rings (SSSR count). The number of hydrogen-bond acceptors (Lipinski definition) is 8. The van der Waals surface area contributed by atoms with E-state index in [9.17, 15) is 9.59 Å². The summed E-state index contributed by atoms with van der Waals surface area (Å²) in [7, 11) is 5.27. The summed E-state index contributed by atoms with van der Waals surface area (Å²) < 4.78 is 35.1. The highest BCUT2D eigenvalue weighted by Gasteiger charge is 2.45. The van der Waals surface area contributed by atoms with E-state index >= 15 is 4.39 Å². The number of benzene rings is 3. The van der Waals surface area contributed by atoms with Crippen molar-refractivity contribution in [2.75, 3.05) is 32.6 Å². The van der Waals surface area contributed by atoms with E-state index < -0.39 is 17.5 Å². The molecule has 0 spiro atoms. The Bertz CT molecular complexity index is 2050. The van der Waals surface area contributed by atoms with Crippen molar-refractivity contribution in [1.29, 1.82) is 0 Å². The van der Waals surface area contributed by atoms with E-state index in [-0.39, 0.29) is 34.8 Å². The molecule has 1 amide bonds. The minimum atomic E-state index is -0.846. The zero-order valence-corrected chi connectivity index (χ0v) is 31.2. The molecule has 1 aromatic heterocycles. The molecule has 1 unspecified atom stereocenters. The molecule has 10 nitrogen and oxygen atoms in total. The molecule has 4 aromatic rings. The Morgan fingerprint density at radius 3 is 2.56 bits per heavy atom. The molecule has 3 aliphatic rings. The number of fused-ring (bicyclic) bond motifs is 2. The van der Waals surface area contributed by atoms with Gasteiger partial charge in [-0.15, -0.1) is 0 Å². The zero-order chi connectivity index (χ0) is 36.7. The van der Waals surface area contributed by atoms with Gasteiger partial charge in [0.15, 0.2) is 11.6 Å². The summed E-state index contributed by atoms with van der Waals surface area (Å²) in [6, 6.07) is 13.1. The Kier molecular flexibility index (Phi) is 10.2. The van der Waals surface area contributed by atoms with Gasteiger partial charge in [-0.2, -0.15) is 0 Å². The van der Waals surface area contributed by atoms with Gasteiger partial charge >= 0.3 is 5.97 Å². The summed E-state index contributed by atoms with van der Waals surface area (Å²) >= 11 is 13.6. The highest BCUT2D eigenvalue weighted by molar-refractivity contribution is 6.36. The highest BCUT2D eigenvalue weighted by atomic mass is 35.5. The number of rotatable bonds is 11. The molecule has 52 heavy (non-hydrogen) atoms. The van der Waals surface area contributed by atoms with Gasteiger partial charge in [-0.1, -0.05) is 53.5 Å². The van der Waals surface area contributed by atoms with Gasteiger partial charge < -0.3 is 29.0 Å². The van der Waals surface area contributed by atoms with Crippen LogP contribution in [0.2, 0.25) is 10.0 Å². The fourth-order valence-electron chi connectivity index (χ4n) is 7.61. The highest BCUT2D eigenvalue weighted by Crippen LogP contribution is 2.46. The van der Waals surface area contributed by atoms with Gasteiger partial charge in [0.25, 0.3) is 5.91 Å². The summed E-state index contributed by atoms with van der Waals surface area (Å²) in [5.41, 5.74) is 5.54. The maximum atomic E-state index is 16.0. The van der Waals surface area contributed by atoms with Crippen LogP contribution in [0.15, 0.2) is 42.5 Å². The van der Waals surface area contributed by atoms with Crippen molar-refractivity contribution in [1.82, 2.24) is 19.8 Å². The van der Waals surface area contributed by atoms with E-state index in [4.69, 9.17) is 37.4 Å². The van der Waals surface area contributed by atoms with Gasteiger partial charge in [0.1, 0.15) is 28.2 Å². The van der Waals surface area contributed by atoms with Crippen LogP contribution in [0.3, 0.4) is 0 Å². The number of nitrogens with zero attached hydrogens (tertiary/aromatic N) is 3. The van der Waals surface area contributed by atoms with Gasteiger partial charge in [0.2, 0.25) is 0 Å². The van der Waals surface area contributed by atoms with Gasteiger partial charge in [0.05, 0.1) is 30.1 Å². The molecule has 1 atom stereocenters. The molecule has 2 N–H and O–H groups in total. The summed E-state index contributed by atoms with van der Waals surface area (Å²) in [4.78, 5) is 32.8. The number of anilines is 1. The van der Waals surface area contributed by atoms with Crippen LogP contribution in [0.25, 0.3) is 11.1 Å². The van der Waals surface area contributed by atoms with E-state index in [0.717, 1.165) is 53.0 Å². The number of esters is 1. The molecule has 0 radical (unpaired) electrons. The van der Waals surface area contributed by atoms with Crippen molar-refractivity contribution in [3.05, 3.63) is 92.2 Å². The Labute approximate surface area is 312 Å². The second kappa shape index (κ2) is 14.7. The van der Waals surface area contributed by atoms with Crippen LogP contribution in [-0.4, -0.2) is 59.2 Å². The number of carbonyl (C=O) groups excluding carboxylic acids is 2. The maximum Gasteiger partial charge on any atom is 0.326 e. The summed E-state index contributed by atoms with van der Waals surface area (Å²) in [5.74, 6) is -0.541. The SMILES string of the molecule is CCOc1cc(OC2CCc3c(-c4cccc(NC(=O)c5nc6c(n5C)CCN(C)C6)c4Cl)cccc32)c(Cl)c(F)c1CNC1(C(=O)OC)CCC1. The monoisotopic (exact) mass is 749 g/mol. The third kappa shape index (κ3) is 6.53. The van der Waals surface area contributed by atoms with E-state index in [0.29, 0.717) is 61.1 Å². The molecule has 274 valence electrons. The molecule has 1 saturated carbocycles. The van der Waals surface area contributed by atoms with Crippen molar-refractivity contribution in [2.45, 2.75) is 70.2 Å². The first-order valence-electron chi connectivity index (χ1n) is 17.6. The van der Waals surface area contributed by atoms with Gasteiger partial charge in [0, 0.05) is 56.0 Å². The quantitative estimate of drug-likeness (QED) is 0.153. The van der Waals surface area contributed by atoms with Crippen LogP contribution >= 0.6 is 23.2 Å². The Hall–Kier alpha value is -4.16. The molecular weight excluding hydrogens is 708 g/mol. The van der Waals surface area contributed by atoms with Crippen molar-refractivity contribution in [3.8, 4) is 22.6 Å². The minimum absolute atomic E-state index is 0.0353. The lowest BCUT2D eigenvalue weighted by Crippen LogP contribution is -2.57. The maximum absolute atomic E-state index is 16.0. The predicted octanol–water partition coefficient (Wildman–Crippen LogP) is 7.42. The van der Waals surface area contributed by atoms with Crippen LogP contribution < -0.4 is 20.1 Å². The Morgan fingerprint density at radius 2 is 1.83 bits per heavy atom. The number of hydrogen-bond donors (Lipinski definition) is 2. The van der Waals surface area contributed by atoms with Gasteiger partial charge in [-0.25, -0.2) is 9.37 Å². The molecule has 0 saturated heterocycles. The van der Waals surface area contributed by atoms with Crippen LogP contribution in [0.4, 0.5) is 10.1 Å². The third-order valence-electron chi connectivity index (χ3n) is 10.6. The first kappa shape index (κ1) is 36.2. The van der Waals surface area contributed by atoms with E-state index in [1.165, 1.54) is 7.11 Å². The van der Waals surface area contributed by atoms with Crippen LogP contribution in [-0.2, 0) is 42.5 Å². The topological polar surface area (TPSA) is 107 Å². The number of halogens is 3. The number of imidazole rings is 1.